The van der Waals surface area contributed by atoms with E-state index in [1.807, 2.05) is 18.2 Å². The van der Waals surface area contributed by atoms with Crippen LogP contribution in [0.5, 0.6) is 0 Å². The molecular weight excluding hydrogens is 238 g/mol. The second-order valence-corrected chi connectivity index (χ2v) is 5.22. The zero-order valence-electron chi connectivity index (χ0n) is 11.6. The lowest BCUT2D eigenvalue weighted by atomic mass is 10.1. The van der Waals surface area contributed by atoms with Crippen LogP contribution in [0.25, 0.3) is 0 Å². The van der Waals surface area contributed by atoms with Crippen LogP contribution in [0.4, 0.5) is 0 Å². The molecule has 1 aliphatic carbocycles. The van der Waals surface area contributed by atoms with Crippen LogP contribution in [-0.4, -0.2) is 24.7 Å². The molecule has 104 valence electrons. The predicted molar refractivity (Wildman–Crippen MR) is 76.2 cm³/mol. The van der Waals surface area contributed by atoms with Crippen molar-refractivity contribution < 1.29 is 9.53 Å². The molecule has 0 saturated heterocycles. The van der Waals surface area contributed by atoms with Crippen molar-refractivity contribution in [1.82, 2.24) is 5.32 Å². The lowest BCUT2D eigenvalue weighted by molar-refractivity contribution is 0.0457. The van der Waals surface area contributed by atoms with Gasteiger partial charge in [-0.1, -0.05) is 38.0 Å². The van der Waals surface area contributed by atoms with Crippen LogP contribution in [0.2, 0.25) is 0 Å². The van der Waals surface area contributed by atoms with Gasteiger partial charge in [-0.05, 0) is 31.4 Å². The number of carbonyl (C=O) groups is 1. The first-order valence-electron chi connectivity index (χ1n) is 7.28. The molecule has 0 aliphatic heterocycles. The van der Waals surface area contributed by atoms with Crippen molar-refractivity contribution in [2.75, 3.05) is 6.61 Å². The quantitative estimate of drug-likeness (QED) is 0.799. The summed E-state index contributed by atoms with van der Waals surface area (Å²) in [5.41, 5.74) is 0.623. The topological polar surface area (TPSA) is 38.3 Å². The van der Waals surface area contributed by atoms with Gasteiger partial charge in [0.05, 0.1) is 5.56 Å². The van der Waals surface area contributed by atoms with Gasteiger partial charge in [0, 0.05) is 12.1 Å². The van der Waals surface area contributed by atoms with E-state index in [1.54, 1.807) is 12.1 Å². The third-order valence-corrected chi connectivity index (χ3v) is 3.74. The maximum absolute atomic E-state index is 11.9. The Morgan fingerprint density at radius 2 is 2.00 bits per heavy atom. The fourth-order valence-corrected chi connectivity index (χ4v) is 2.54. The van der Waals surface area contributed by atoms with Crippen LogP contribution < -0.4 is 5.32 Å². The number of rotatable bonds is 6. The molecule has 0 spiro atoms. The largest absolute Gasteiger partial charge is 0.460 e. The molecule has 1 N–H and O–H groups in total. The molecule has 1 atom stereocenters. The summed E-state index contributed by atoms with van der Waals surface area (Å²) in [5.74, 6) is -0.229. The minimum absolute atomic E-state index is 0.229. The van der Waals surface area contributed by atoms with Crippen molar-refractivity contribution in [1.29, 1.82) is 0 Å². The Bertz CT molecular complexity index is 385. The van der Waals surface area contributed by atoms with Crippen molar-refractivity contribution in [2.45, 2.75) is 51.1 Å². The summed E-state index contributed by atoms with van der Waals surface area (Å²) in [5, 5.41) is 3.60. The third-order valence-electron chi connectivity index (χ3n) is 3.74. The molecule has 0 amide bonds. The first-order valence-corrected chi connectivity index (χ1v) is 7.28. The van der Waals surface area contributed by atoms with Gasteiger partial charge < -0.3 is 10.1 Å². The molecule has 0 aromatic heterocycles. The Morgan fingerprint density at radius 3 is 2.63 bits per heavy atom. The highest BCUT2D eigenvalue weighted by Gasteiger charge is 2.19. The van der Waals surface area contributed by atoms with Crippen LogP contribution in [-0.2, 0) is 4.74 Å². The number of carbonyl (C=O) groups excluding carboxylic acids is 1. The van der Waals surface area contributed by atoms with Crippen molar-refractivity contribution in [3.63, 3.8) is 0 Å². The van der Waals surface area contributed by atoms with Crippen LogP contribution in [0.3, 0.4) is 0 Å². The van der Waals surface area contributed by atoms with Crippen LogP contribution in [0.1, 0.15) is 49.4 Å². The monoisotopic (exact) mass is 261 g/mol. The Balaban J connectivity index is 1.77. The van der Waals surface area contributed by atoms with E-state index in [-0.39, 0.29) is 12.0 Å². The predicted octanol–water partition coefficient (Wildman–Crippen LogP) is 3.15. The fraction of sp³-hybridized carbons (Fsp3) is 0.562. The molecule has 0 heterocycles. The average Bonchev–Trinajstić information content (AvgIpc) is 2.97. The normalized spacial score (nSPS) is 17.3. The van der Waals surface area contributed by atoms with E-state index in [1.165, 1.54) is 25.7 Å². The van der Waals surface area contributed by atoms with Gasteiger partial charge >= 0.3 is 5.97 Å². The van der Waals surface area contributed by atoms with Gasteiger partial charge in [0.25, 0.3) is 0 Å². The molecule has 1 aromatic rings. The number of ether oxygens (including phenoxy) is 1. The minimum Gasteiger partial charge on any atom is -0.460 e. The van der Waals surface area contributed by atoms with Crippen molar-refractivity contribution in [2.24, 2.45) is 0 Å². The van der Waals surface area contributed by atoms with Gasteiger partial charge in [0.1, 0.15) is 6.61 Å². The highest BCUT2D eigenvalue weighted by atomic mass is 16.5. The molecule has 3 heteroatoms. The second-order valence-electron chi connectivity index (χ2n) is 5.22. The van der Waals surface area contributed by atoms with Crippen molar-refractivity contribution in [3.05, 3.63) is 35.9 Å². The third kappa shape index (κ3) is 4.35. The summed E-state index contributed by atoms with van der Waals surface area (Å²) in [4.78, 5) is 11.9. The fourth-order valence-electron chi connectivity index (χ4n) is 2.54. The Labute approximate surface area is 115 Å². The van der Waals surface area contributed by atoms with Gasteiger partial charge in [-0.3, -0.25) is 0 Å². The number of nitrogens with one attached hydrogen (secondary N) is 1. The van der Waals surface area contributed by atoms with Crippen LogP contribution >= 0.6 is 0 Å². The summed E-state index contributed by atoms with van der Waals surface area (Å²) in [7, 11) is 0. The van der Waals surface area contributed by atoms with Gasteiger partial charge in [-0.2, -0.15) is 0 Å². The van der Waals surface area contributed by atoms with Crippen molar-refractivity contribution in [3.8, 4) is 0 Å². The molecule has 1 saturated carbocycles. The van der Waals surface area contributed by atoms with Crippen molar-refractivity contribution >= 4 is 5.97 Å². The lowest BCUT2D eigenvalue weighted by Crippen LogP contribution is -2.39. The van der Waals surface area contributed by atoms with E-state index < -0.39 is 0 Å². The first-order chi connectivity index (χ1) is 9.29. The lowest BCUT2D eigenvalue weighted by Gasteiger charge is -2.21. The first kappa shape index (κ1) is 14.1. The standard InChI is InChI=1S/C16H23NO2/c1-2-14(17-15-10-6-7-11-15)12-19-16(18)13-8-4-3-5-9-13/h3-5,8-9,14-15,17H,2,6-7,10-12H2,1H3/t14-/m1/s1. The van der Waals surface area contributed by atoms with Crippen LogP contribution in [0.15, 0.2) is 30.3 Å². The SMILES string of the molecule is CC[C@H](COC(=O)c1ccccc1)NC1CCCC1. The summed E-state index contributed by atoms with van der Waals surface area (Å²) in [6.45, 7) is 2.59. The molecule has 0 unspecified atom stereocenters. The molecule has 2 rings (SSSR count). The highest BCUT2D eigenvalue weighted by Crippen LogP contribution is 2.18. The van der Waals surface area contributed by atoms with Crippen LogP contribution in [0, 0.1) is 0 Å². The summed E-state index contributed by atoms with van der Waals surface area (Å²) >= 11 is 0. The Kier molecular flexibility index (Phi) is 5.40. The van der Waals surface area contributed by atoms with E-state index in [4.69, 9.17) is 4.74 Å². The van der Waals surface area contributed by atoms with Gasteiger partial charge in [-0.15, -0.1) is 0 Å². The Hall–Kier alpha value is -1.35. The number of hydrogen-bond acceptors (Lipinski definition) is 3. The molecule has 1 fully saturated rings. The van der Waals surface area contributed by atoms with E-state index in [9.17, 15) is 4.79 Å². The van der Waals surface area contributed by atoms with E-state index >= 15 is 0 Å². The Morgan fingerprint density at radius 1 is 1.32 bits per heavy atom. The summed E-state index contributed by atoms with van der Waals surface area (Å²) < 4.78 is 5.39. The van der Waals surface area contributed by atoms with E-state index in [0.29, 0.717) is 18.2 Å². The summed E-state index contributed by atoms with van der Waals surface area (Å²) in [6, 6.07) is 10.1. The smallest absolute Gasteiger partial charge is 0.338 e. The number of benzene rings is 1. The number of hydrogen-bond donors (Lipinski definition) is 1. The maximum Gasteiger partial charge on any atom is 0.338 e. The maximum atomic E-state index is 11.9. The van der Waals surface area contributed by atoms with Gasteiger partial charge in [-0.25, -0.2) is 4.79 Å². The molecule has 1 aliphatic rings. The second kappa shape index (κ2) is 7.29. The zero-order chi connectivity index (χ0) is 13.5. The molecule has 19 heavy (non-hydrogen) atoms. The van der Waals surface area contributed by atoms with E-state index in [0.717, 1.165) is 6.42 Å². The molecule has 0 radical (unpaired) electrons. The zero-order valence-corrected chi connectivity index (χ0v) is 11.6. The summed E-state index contributed by atoms with van der Waals surface area (Å²) in [6.07, 6.45) is 6.13. The van der Waals surface area contributed by atoms with Gasteiger partial charge in [0.15, 0.2) is 0 Å². The highest BCUT2D eigenvalue weighted by molar-refractivity contribution is 5.89. The van der Waals surface area contributed by atoms with E-state index in [2.05, 4.69) is 12.2 Å². The average molecular weight is 261 g/mol. The molecular formula is C16H23NO2. The molecule has 3 nitrogen and oxygen atoms in total. The molecule has 1 aromatic carbocycles. The molecule has 0 bridgehead atoms. The van der Waals surface area contributed by atoms with Gasteiger partial charge in [0.2, 0.25) is 0 Å². The minimum atomic E-state index is -0.229. The number of esters is 1.